The second-order valence-corrected chi connectivity index (χ2v) is 11.2. The third kappa shape index (κ3) is 6.44. The normalized spacial score (nSPS) is 21.0. The van der Waals surface area contributed by atoms with Crippen LogP contribution in [0.3, 0.4) is 0 Å². The molecule has 0 unspecified atom stereocenters. The molecule has 192 valence electrons. The Labute approximate surface area is 231 Å². The smallest absolute Gasteiger partial charge is 0.286 e. The predicted molar refractivity (Wildman–Crippen MR) is 160 cm³/mol. The highest BCUT2D eigenvalue weighted by Crippen LogP contribution is 2.33. The highest BCUT2D eigenvalue weighted by Gasteiger charge is 2.32. The molecule has 0 spiro atoms. The lowest BCUT2D eigenvalue weighted by molar-refractivity contribution is -0.114. The van der Waals surface area contributed by atoms with E-state index in [0.717, 1.165) is 32.6 Å². The fourth-order valence-corrected chi connectivity index (χ4v) is 6.31. The van der Waals surface area contributed by atoms with Crippen LogP contribution >= 0.6 is 23.5 Å². The molecule has 0 atom stereocenters. The summed E-state index contributed by atoms with van der Waals surface area (Å²) in [6.45, 7) is 6.84. The van der Waals surface area contributed by atoms with Crippen molar-refractivity contribution in [1.82, 2.24) is 9.80 Å². The van der Waals surface area contributed by atoms with Crippen LogP contribution in [0, 0.1) is 0 Å². The van der Waals surface area contributed by atoms with Gasteiger partial charge in [0.25, 0.3) is 11.8 Å². The summed E-state index contributed by atoms with van der Waals surface area (Å²) in [7, 11) is 0. The lowest BCUT2D eigenvalue weighted by Gasteiger charge is -2.35. The van der Waals surface area contributed by atoms with E-state index < -0.39 is 0 Å². The Balaban J connectivity index is 1.16. The summed E-state index contributed by atoms with van der Waals surface area (Å²) in [6.07, 6.45) is 7.93. The van der Waals surface area contributed by atoms with Crippen LogP contribution in [0.15, 0.2) is 104 Å². The second-order valence-electron chi connectivity index (χ2n) is 9.19. The maximum atomic E-state index is 12.6. The van der Waals surface area contributed by atoms with Crippen LogP contribution in [0.2, 0.25) is 0 Å². The Morgan fingerprint density at radius 3 is 1.39 bits per heavy atom. The van der Waals surface area contributed by atoms with Crippen molar-refractivity contribution in [2.75, 3.05) is 26.2 Å². The molecule has 2 aromatic rings. The number of thioether (sulfide) groups is 2. The number of benzene rings is 2. The van der Waals surface area contributed by atoms with Gasteiger partial charge in [-0.05, 0) is 71.8 Å². The molecule has 0 saturated carbocycles. The van der Waals surface area contributed by atoms with Crippen molar-refractivity contribution in [3.05, 3.63) is 105 Å². The molecule has 1 fully saturated rings. The summed E-state index contributed by atoms with van der Waals surface area (Å²) in [5.74, 6) is -0.383. The number of carbonyl (C=O) groups is 2. The molecule has 5 rings (SSSR count). The average molecular weight is 541 g/mol. The molecule has 2 aromatic carbocycles. The summed E-state index contributed by atoms with van der Waals surface area (Å²) in [4.78, 5) is 39.3. The Bertz CT molecular complexity index is 1310. The molecule has 8 heteroatoms. The molecule has 6 nitrogen and oxygen atoms in total. The maximum absolute atomic E-state index is 12.6. The third-order valence-electron chi connectivity index (χ3n) is 6.14. The van der Waals surface area contributed by atoms with Gasteiger partial charge in [-0.2, -0.15) is 9.98 Å². The first-order valence-electron chi connectivity index (χ1n) is 12.5. The predicted octanol–water partition coefficient (Wildman–Crippen LogP) is 5.84. The highest BCUT2D eigenvalue weighted by atomic mass is 32.2. The van der Waals surface area contributed by atoms with E-state index in [9.17, 15) is 9.59 Å². The molecular weight excluding hydrogens is 512 g/mol. The van der Waals surface area contributed by atoms with Gasteiger partial charge in [0.15, 0.2) is 10.3 Å². The number of nitrogens with zero attached hydrogens (tertiary/aromatic N) is 4. The molecule has 3 aliphatic heterocycles. The van der Waals surface area contributed by atoms with Crippen LogP contribution in [0.1, 0.15) is 25.0 Å². The topological polar surface area (TPSA) is 65.3 Å². The molecule has 0 bridgehead atoms. The van der Waals surface area contributed by atoms with Gasteiger partial charge in [0, 0.05) is 26.2 Å². The van der Waals surface area contributed by atoms with Crippen LogP contribution in [0.4, 0.5) is 0 Å². The van der Waals surface area contributed by atoms with E-state index >= 15 is 0 Å². The summed E-state index contributed by atoms with van der Waals surface area (Å²) in [6, 6.07) is 20.1. The van der Waals surface area contributed by atoms with E-state index in [-0.39, 0.29) is 11.8 Å². The second kappa shape index (κ2) is 11.8. The average Bonchev–Trinajstić information content (AvgIpc) is 3.47. The SMILES string of the molecule is CC(=C/c1ccccc1)/C=C1\SC(N2CCN(C3=NC(=O)/C(=C/C(C)=C\c4ccccc4)S3)CC2)=NC1=O. The highest BCUT2D eigenvalue weighted by molar-refractivity contribution is 8.18. The van der Waals surface area contributed by atoms with Crippen molar-refractivity contribution in [1.29, 1.82) is 0 Å². The van der Waals surface area contributed by atoms with Crippen LogP contribution in [0.5, 0.6) is 0 Å². The van der Waals surface area contributed by atoms with Gasteiger partial charge in [-0.3, -0.25) is 9.59 Å². The Kier molecular flexibility index (Phi) is 8.10. The van der Waals surface area contributed by atoms with E-state index in [1.165, 1.54) is 23.5 Å². The van der Waals surface area contributed by atoms with Gasteiger partial charge in [-0.1, -0.05) is 72.8 Å². The van der Waals surface area contributed by atoms with Crippen LogP contribution in [-0.2, 0) is 9.59 Å². The lowest BCUT2D eigenvalue weighted by atomic mass is 10.1. The Morgan fingerprint density at radius 1 is 0.658 bits per heavy atom. The maximum Gasteiger partial charge on any atom is 0.286 e. The number of aliphatic imine (C=N–C) groups is 2. The van der Waals surface area contributed by atoms with Crippen molar-refractivity contribution < 1.29 is 9.59 Å². The Morgan fingerprint density at radius 2 is 1.03 bits per heavy atom. The van der Waals surface area contributed by atoms with Crippen molar-refractivity contribution >= 4 is 57.8 Å². The van der Waals surface area contributed by atoms with Crippen molar-refractivity contribution in [3.8, 4) is 0 Å². The molecular formula is C30H28N4O2S2. The molecule has 2 amide bonds. The van der Waals surface area contributed by atoms with Crippen LogP contribution in [-0.4, -0.2) is 58.1 Å². The van der Waals surface area contributed by atoms with E-state index in [4.69, 9.17) is 0 Å². The minimum atomic E-state index is -0.191. The molecule has 3 aliphatic rings. The van der Waals surface area contributed by atoms with Crippen molar-refractivity contribution in [2.24, 2.45) is 9.98 Å². The summed E-state index contributed by atoms with van der Waals surface area (Å²) in [5, 5.41) is 1.49. The fraction of sp³-hybridized carbons (Fsp3) is 0.200. The zero-order chi connectivity index (χ0) is 26.5. The number of piperazine rings is 1. The summed E-state index contributed by atoms with van der Waals surface area (Å²) < 4.78 is 0. The largest absolute Gasteiger partial charge is 0.347 e. The van der Waals surface area contributed by atoms with Gasteiger partial charge in [0.2, 0.25) is 0 Å². The standard InChI is InChI=1S/C30H28N4O2S2/c1-21(17-23-9-5-3-6-10-23)19-25-27(35)31-29(37-25)33-13-15-34(16-14-33)30-32-28(36)26(38-30)20-22(2)18-24-11-7-4-8-12-24/h3-12,17-20H,13-16H2,1-2H3/b21-17-,22-18-,25-19-,26-20-. The van der Waals surface area contributed by atoms with E-state index in [1.807, 2.05) is 86.7 Å². The zero-order valence-electron chi connectivity index (χ0n) is 21.3. The van der Waals surface area contributed by atoms with Crippen molar-refractivity contribution in [2.45, 2.75) is 13.8 Å². The molecule has 0 aliphatic carbocycles. The van der Waals surface area contributed by atoms with Gasteiger partial charge in [0.05, 0.1) is 9.81 Å². The van der Waals surface area contributed by atoms with Crippen LogP contribution < -0.4 is 0 Å². The van der Waals surface area contributed by atoms with Crippen LogP contribution in [0.25, 0.3) is 12.2 Å². The van der Waals surface area contributed by atoms with Gasteiger partial charge in [-0.15, -0.1) is 0 Å². The Hall–Kier alpha value is -3.62. The molecule has 38 heavy (non-hydrogen) atoms. The lowest BCUT2D eigenvalue weighted by Crippen LogP contribution is -2.49. The molecule has 0 radical (unpaired) electrons. The number of carbonyl (C=O) groups excluding carboxylic acids is 2. The summed E-state index contributed by atoms with van der Waals surface area (Å²) >= 11 is 2.86. The van der Waals surface area contributed by atoms with Gasteiger partial charge >= 0.3 is 0 Å². The first-order valence-corrected chi connectivity index (χ1v) is 14.1. The number of hydrogen-bond donors (Lipinski definition) is 0. The number of allylic oxidation sites excluding steroid dienone is 4. The first kappa shape index (κ1) is 26.0. The van der Waals surface area contributed by atoms with Gasteiger partial charge in [0.1, 0.15) is 0 Å². The molecule has 3 heterocycles. The number of hydrogen-bond acceptors (Lipinski definition) is 6. The number of amides is 2. The number of rotatable bonds is 4. The fourth-order valence-electron chi connectivity index (χ4n) is 4.28. The zero-order valence-corrected chi connectivity index (χ0v) is 23.0. The quantitative estimate of drug-likeness (QED) is 0.454. The monoisotopic (exact) mass is 540 g/mol. The van der Waals surface area contributed by atoms with E-state index in [1.54, 1.807) is 0 Å². The van der Waals surface area contributed by atoms with Crippen molar-refractivity contribution in [3.63, 3.8) is 0 Å². The van der Waals surface area contributed by atoms with E-state index in [2.05, 4.69) is 31.9 Å². The number of amidine groups is 2. The minimum Gasteiger partial charge on any atom is -0.347 e. The van der Waals surface area contributed by atoms with Gasteiger partial charge < -0.3 is 9.80 Å². The van der Waals surface area contributed by atoms with E-state index in [0.29, 0.717) is 36.0 Å². The molecule has 0 N–H and O–H groups in total. The van der Waals surface area contributed by atoms with Gasteiger partial charge in [-0.25, -0.2) is 0 Å². The third-order valence-corrected chi connectivity index (χ3v) is 8.23. The first-order chi connectivity index (χ1) is 18.4. The molecule has 0 aromatic heterocycles. The molecule has 1 saturated heterocycles. The summed E-state index contributed by atoms with van der Waals surface area (Å²) in [5.41, 5.74) is 4.21. The minimum absolute atomic E-state index is 0.191.